The number of halogens is 2. The van der Waals surface area contributed by atoms with Gasteiger partial charge in [0.25, 0.3) is 6.43 Å². The summed E-state index contributed by atoms with van der Waals surface area (Å²) in [5.41, 5.74) is 0.863. The van der Waals surface area contributed by atoms with Gasteiger partial charge in [0, 0.05) is 19.0 Å². The molecule has 1 heterocycles. The monoisotopic (exact) mass is 279 g/mol. The summed E-state index contributed by atoms with van der Waals surface area (Å²) in [5.74, 6) is 0.608. The molecule has 0 saturated heterocycles. The van der Waals surface area contributed by atoms with Crippen LogP contribution in [-0.2, 0) is 6.54 Å². The largest absolute Gasteiger partial charge is 0.353 e. The lowest BCUT2D eigenvalue weighted by Gasteiger charge is -2.20. The fourth-order valence-electron chi connectivity index (χ4n) is 2.16. The van der Waals surface area contributed by atoms with Gasteiger partial charge < -0.3 is 10.2 Å². The van der Waals surface area contributed by atoms with Crippen LogP contribution in [0.2, 0.25) is 0 Å². The van der Waals surface area contributed by atoms with Gasteiger partial charge in [-0.3, -0.25) is 0 Å². The number of hydrogen-bond donors (Lipinski definition) is 1. The highest BCUT2D eigenvalue weighted by atomic mass is 19.3. The van der Waals surface area contributed by atoms with Gasteiger partial charge in [-0.15, -0.1) is 0 Å². The van der Waals surface area contributed by atoms with Crippen molar-refractivity contribution in [3.05, 3.63) is 36.0 Å². The number of hydrogen-bond acceptors (Lipinski definition) is 3. The van der Waals surface area contributed by atoms with Crippen molar-refractivity contribution < 1.29 is 8.78 Å². The summed E-state index contributed by atoms with van der Waals surface area (Å²) in [7, 11) is 1.65. The number of aromatic nitrogens is 1. The fourth-order valence-corrected chi connectivity index (χ4v) is 2.16. The van der Waals surface area contributed by atoms with Crippen LogP contribution >= 0.6 is 0 Å². The Balaban J connectivity index is 2.43. The molecule has 1 aromatic carbocycles. The van der Waals surface area contributed by atoms with Gasteiger partial charge in [0.1, 0.15) is 5.82 Å². The summed E-state index contributed by atoms with van der Waals surface area (Å²) in [6, 6.07) is 9.73. The van der Waals surface area contributed by atoms with Crippen LogP contribution in [0, 0.1) is 0 Å². The van der Waals surface area contributed by atoms with E-state index in [2.05, 4.69) is 10.3 Å². The third-order valence-corrected chi connectivity index (χ3v) is 3.10. The van der Waals surface area contributed by atoms with Gasteiger partial charge in [-0.2, -0.15) is 0 Å². The molecule has 0 aliphatic carbocycles. The Morgan fingerprint density at radius 3 is 2.75 bits per heavy atom. The number of alkyl halides is 2. The van der Waals surface area contributed by atoms with Crippen molar-refractivity contribution in [2.24, 2.45) is 0 Å². The molecule has 0 aliphatic rings. The summed E-state index contributed by atoms with van der Waals surface area (Å²) in [6.45, 7) is 3.18. The maximum atomic E-state index is 12.6. The number of fused-ring (bicyclic) bond motifs is 1. The minimum Gasteiger partial charge on any atom is -0.353 e. The molecule has 108 valence electrons. The van der Waals surface area contributed by atoms with E-state index in [0.29, 0.717) is 12.4 Å². The first kappa shape index (κ1) is 14.7. The van der Waals surface area contributed by atoms with E-state index in [9.17, 15) is 8.78 Å². The van der Waals surface area contributed by atoms with Crippen LogP contribution in [0.3, 0.4) is 0 Å². The molecule has 0 amide bonds. The summed E-state index contributed by atoms with van der Waals surface area (Å²) < 4.78 is 25.2. The topological polar surface area (TPSA) is 28.2 Å². The minimum absolute atomic E-state index is 0.318. The van der Waals surface area contributed by atoms with Crippen LogP contribution in [0.15, 0.2) is 30.3 Å². The highest BCUT2D eigenvalue weighted by Crippen LogP contribution is 2.25. The Kier molecular flexibility index (Phi) is 4.84. The van der Waals surface area contributed by atoms with Crippen molar-refractivity contribution in [2.45, 2.75) is 19.9 Å². The zero-order valence-corrected chi connectivity index (χ0v) is 11.7. The molecule has 3 nitrogen and oxygen atoms in total. The number of pyridine rings is 1. The smallest absolute Gasteiger partial charge is 0.255 e. The van der Waals surface area contributed by atoms with E-state index in [4.69, 9.17) is 0 Å². The van der Waals surface area contributed by atoms with Crippen molar-refractivity contribution in [2.75, 3.05) is 25.0 Å². The second-order valence-corrected chi connectivity index (χ2v) is 4.71. The predicted octanol–water partition coefficient (Wildman–Crippen LogP) is 3.05. The number of nitrogens with one attached hydrogen (secondary N) is 1. The summed E-state index contributed by atoms with van der Waals surface area (Å²) in [4.78, 5) is 6.04. The van der Waals surface area contributed by atoms with Crippen LogP contribution in [0.25, 0.3) is 10.8 Å². The molecule has 0 spiro atoms. The molecular formula is C15H19F2N3. The minimum atomic E-state index is -2.38. The highest BCUT2D eigenvalue weighted by Gasteiger charge is 2.13. The highest BCUT2D eigenvalue weighted by molar-refractivity contribution is 5.92. The quantitative estimate of drug-likeness (QED) is 0.881. The van der Waals surface area contributed by atoms with Gasteiger partial charge in [0.2, 0.25) is 0 Å². The van der Waals surface area contributed by atoms with Crippen molar-refractivity contribution in [3.63, 3.8) is 0 Å². The van der Waals surface area contributed by atoms with Gasteiger partial charge >= 0.3 is 0 Å². The van der Waals surface area contributed by atoms with Gasteiger partial charge in [0.15, 0.2) is 0 Å². The SMILES string of the molecule is CCNCc1cc2ccccc2c(N(C)CC(F)F)n1. The van der Waals surface area contributed by atoms with E-state index in [0.717, 1.165) is 23.0 Å². The maximum absolute atomic E-state index is 12.6. The lowest BCUT2D eigenvalue weighted by atomic mass is 10.1. The molecule has 1 N–H and O–H groups in total. The van der Waals surface area contributed by atoms with Crippen LogP contribution in [0.4, 0.5) is 14.6 Å². The van der Waals surface area contributed by atoms with Gasteiger partial charge in [-0.05, 0) is 18.0 Å². The second-order valence-electron chi connectivity index (χ2n) is 4.71. The standard InChI is InChI=1S/C15H19F2N3/c1-3-18-9-12-8-11-6-4-5-7-13(11)15(19-12)20(2)10-14(16)17/h4-8,14,18H,3,9-10H2,1-2H3. The molecule has 0 aliphatic heterocycles. The van der Waals surface area contributed by atoms with E-state index in [1.165, 1.54) is 4.90 Å². The molecule has 5 heteroatoms. The zero-order chi connectivity index (χ0) is 14.5. The summed E-state index contributed by atoms with van der Waals surface area (Å²) in [6.07, 6.45) is -2.38. The summed E-state index contributed by atoms with van der Waals surface area (Å²) in [5, 5.41) is 5.13. The lowest BCUT2D eigenvalue weighted by Crippen LogP contribution is -2.26. The number of anilines is 1. The third-order valence-electron chi connectivity index (χ3n) is 3.10. The van der Waals surface area contributed by atoms with E-state index in [1.807, 2.05) is 37.3 Å². The number of benzene rings is 1. The van der Waals surface area contributed by atoms with E-state index < -0.39 is 6.43 Å². The molecule has 2 rings (SSSR count). The molecule has 20 heavy (non-hydrogen) atoms. The van der Waals surface area contributed by atoms with Gasteiger partial charge in [-0.1, -0.05) is 31.2 Å². The molecule has 0 saturated carbocycles. The lowest BCUT2D eigenvalue weighted by molar-refractivity contribution is 0.156. The van der Waals surface area contributed by atoms with Gasteiger partial charge in [-0.25, -0.2) is 13.8 Å². The fraction of sp³-hybridized carbons (Fsp3) is 0.400. The normalized spacial score (nSPS) is 11.2. The molecule has 0 bridgehead atoms. The van der Waals surface area contributed by atoms with Crippen molar-refractivity contribution >= 4 is 16.6 Å². The van der Waals surface area contributed by atoms with E-state index in [-0.39, 0.29) is 6.54 Å². The van der Waals surface area contributed by atoms with Crippen LogP contribution in [0.1, 0.15) is 12.6 Å². The molecule has 0 unspecified atom stereocenters. The molecule has 0 fully saturated rings. The summed E-state index contributed by atoms with van der Waals surface area (Å²) >= 11 is 0. The third kappa shape index (κ3) is 3.42. The van der Waals surface area contributed by atoms with Crippen LogP contribution in [-0.4, -0.2) is 31.5 Å². The van der Waals surface area contributed by atoms with Crippen molar-refractivity contribution in [1.29, 1.82) is 0 Å². The molecule has 0 atom stereocenters. The number of rotatable bonds is 6. The Morgan fingerprint density at radius 2 is 2.05 bits per heavy atom. The number of nitrogens with zero attached hydrogens (tertiary/aromatic N) is 2. The van der Waals surface area contributed by atoms with Crippen molar-refractivity contribution in [1.82, 2.24) is 10.3 Å². The van der Waals surface area contributed by atoms with Crippen LogP contribution < -0.4 is 10.2 Å². The van der Waals surface area contributed by atoms with Crippen molar-refractivity contribution in [3.8, 4) is 0 Å². The average Bonchev–Trinajstić information content (AvgIpc) is 2.43. The Labute approximate surface area is 117 Å². The Bertz CT molecular complexity index is 572. The average molecular weight is 279 g/mol. The van der Waals surface area contributed by atoms with E-state index in [1.54, 1.807) is 7.05 Å². The van der Waals surface area contributed by atoms with E-state index >= 15 is 0 Å². The van der Waals surface area contributed by atoms with Crippen LogP contribution in [0.5, 0.6) is 0 Å². The second kappa shape index (κ2) is 6.61. The maximum Gasteiger partial charge on any atom is 0.255 e. The zero-order valence-electron chi connectivity index (χ0n) is 11.7. The first-order chi connectivity index (χ1) is 9.61. The molecular weight excluding hydrogens is 260 g/mol. The molecule has 2 aromatic rings. The van der Waals surface area contributed by atoms with Gasteiger partial charge in [0.05, 0.1) is 12.2 Å². The Hall–Kier alpha value is -1.75. The Morgan fingerprint density at radius 1 is 1.30 bits per heavy atom. The first-order valence-electron chi connectivity index (χ1n) is 6.70. The molecule has 0 radical (unpaired) electrons. The predicted molar refractivity (Wildman–Crippen MR) is 78.4 cm³/mol. The first-order valence-corrected chi connectivity index (χ1v) is 6.70. The molecule has 1 aromatic heterocycles.